The van der Waals surface area contributed by atoms with Gasteiger partial charge in [-0.05, 0) is 31.2 Å². The topological polar surface area (TPSA) is 46.3 Å². The molecule has 2 aromatic rings. The molecule has 1 atom stereocenters. The molecule has 0 fully saturated rings. The van der Waals surface area contributed by atoms with Gasteiger partial charge in [-0.15, -0.1) is 11.6 Å². The first-order valence-electron chi connectivity index (χ1n) is 6.72. The van der Waals surface area contributed by atoms with E-state index in [0.29, 0.717) is 30.3 Å². The van der Waals surface area contributed by atoms with Crippen LogP contribution in [0, 0.1) is 0 Å². The summed E-state index contributed by atoms with van der Waals surface area (Å²) < 4.78 is 5.47. The Balaban J connectivity index is 1.92. The van der Waals surface area contributed by atoms with Crippen molar-refractivity contribution in [2.24, 2.45) is 0 Å². The van der Waals surface area contributed by atoms with E-state index in [4.69, 9.17) is 27.7 Å². The predicted octanol–water partition coefficient (Wildman–Crippen LogP) is 3.51. The lowest BCUT2D eigenvalue weighted by Gasteiger charge is -2.27. The van der Waals surface area contributed by atoms with Crippen LogP contribution in [0.4, 0.5) is 0 Å². The summed E-state index contributed by atoms with van der Waals surface area (Å²) >= 11 is 11.8. The summed E-state index contributed by atoms with van der Waals surface area (Å²) in [7, 11) is 0. The maximum absolute atomic E-state index is 12.0. The van der Waals surface area contributed by atoms with E-state index < -0.39 is 5.38 Å². The predicted molar refractivity (Wildman–Crippen MR) is 81.4 cm³/mol. The van der Waals surface area contributed by atoms with Crippen LogP contribution in [-0.2, 0) is 17.8 Å². The molecule has 0 N–H and O–H groups in total. The number of fused-ring (bicyclic) bond motifs is 1. The van der Waals surface area contributed by atoms with Crippen LogP contribution in [-0.4, -0.2) is 27.9 Å². The summed E-state index contributed by atoms with van der Waals surface area (Å²) in [4.78, 5) is 13.8. The molecule has 21 heavy (non-hydrogen) atoms. The van der Waals surface area contributed by atoms with Crippen molar-refractivity contribution in [3.05, 3.63) is 40.5 Å². The highest BCUT2D eigenvalue weighted by molar-refractivity contribution is 6.30. The Morgan fingerprint density at radius 1 is 1.38 bits per heavy atom. The van der Waals surface area contributed by atoms with Gasteiger partial charge in [0.25, 0.3) is 0 Å². The molecule has 0 saturated carbocycles. The highest BCUT2D eigenvalue weighted by atomic mass is 35.5. The largest absolute Gasteiger partial charge is 0.356 e. The van der Waals surface area contributed by atoms with Crippen LogP contribution in [0.5, 0.6) is 0 Å². The van der Waals surface area contributed by atoms with Gasteiger partial charge in [-0.2, -0.15) is 0 Å². The number of rotatable bonds is 2. The smallest absolute Gasteiger partial charge is 0.240 e. The van der Waals surface area contributed by atoms with Crippen LogP contribution >= 0.6 is 23.2 Å². The van der Waals surface area contributed by atoms with Crippen LogP contribution in [0.15, 0.2) is 28.8 Å². The number of nitrogens with zero attached hydrogens (tertiary/aromatic N) is 2. The van der Waals surface area contributed by atoms with E-state index in [1.165, 1.54) is 0 Å². The van der Waals surface area contributed by atoms with Crippen molar-refractivity contribution in [1.29, 1.82) is 0 Å². The summed E-state index contributed by atoms with van der Waals surface area (Å²) in [5, 5.41) is 4.26. The van der Waals surface area contributed by atoms with Crippen molar-refractivity contribution in [1.82, 2.24) is 10.1 Å². The van der Waals surface area contributed by atoms with Gasteiger partial charge in [0.1, 0.15) is 5.38 Å². The number of carbonyl (C=O) groups is 1. The molecular weight excluding hydrogens is 311 g/mol. The minimum absolute atomic E-state index is 0.0643. The lowest BCUT2D eigenvalue weighted by Crippen LogP contribution is -2.39. The third-order valence-corrected chi connectivity index (χ3v) is 4.03. The van der Waals surface area contributed by atoms with Gasteiger partial charge < -0.3 is 9.42 Å². The molecule has 110 valence electrons. The number of hydrogen-bond acceptors (Lipinski definition) is 3. The number of benzene rings is 1. The van der Waals surface area contributed by atoms with Crippen molar-refractivity contribution in [2.75, 3.05) is 6.54 Å². The first kappa shape index (κ1) is 14.4. The molecule has 1 unspecified atom stereocenters. The lowest BCUT2D eigenvalue weighted by molar-refractivity contribution is -0.131. The van der Waals surface area contributed by atoms with E-state index in [1.54, 1.807) is 24.0 Å². The van der Waals surface area contributed by atoms with Gasteiger partial charge >= 0.3 is 0 Å². The highest BCUT2D eigenvalue weighted by Crippen LogP contribution is 2.31. The average molecular weight is 325 g/mol. The Labute approximate surface area is 132 Å². The average Bonchev–Trinajstić information content (AvgIpc) is 2.90. The molecular formula is C15H14Cl2N2O2. The molecule has 1 aromatic carbocycles. The molecule has 2 heterocycles. The molecule has 0 bridgehead atoms. The second-order valence-corrected chi connectivity index (χ2v) is 6.16. The zero-order chi connectivity index (χ0) is 15.0. The van der Waals surface area contributed by atoms with Gasteiger partial charge in [0.2, 0.25) is 5.91 Å². The number of carbonyl (C=O) groups excluding carboxylic acids is 1. The number of amides is 1. The summed E-state index contributed by atoms with van der Waals surface area (Å²) in [6.07, 6.45) is 0.682. The zero-order valence-corrected chi connectivity index (χ0v) is 13.0. The van der Waals surface area contributed by atoms with E-state index in [0.717, 1.165) is 16.8 Å². The number of hydrogen-bond donors (Lipinski definition) is 0. The fourth-order valence-corrected chi connectivity index (χ4v) is 2.74. The molecule has 1 aliphatic heterocycles. The fraction of sp³-hybridized carbons (Fsp3) is 0.333. The third-order valence-electron chi connectivity index (χ3n) is 3.60. The first-order chi connectivity index (χ1) is 10.1. The van der Waals surface area contributed by atoms with Crippen LogP contribution in [0.1, 0.15) is 18.2 Å². The van der Waals surface area contributed by atoms with Gasteiger partial charge in [-0.25, -0.2) is 0 Å². The maximum Gasteiger partial charge on any atom is 0.240 e. The van der Waals surface area contributed by atoms with Crippen LogP contribution in [0.2, 0.25) is 5.02 Å². The van der Waals surface area contributed by atoms with Crippen molar-refractivity contribution in [3.8, 4) is 11.3 Å². The SMILES string of the molecule is CC(Cl)C(=O)N1CCc2noc(-c3ccc(Cl)cc3)c2C1. The summed E-state index contributed by atoms with van der Waals surface area (Å²) in [6.45, 7) is 2.79. The van der Waals surface area contributed by atoms with Gasteiger partial charge in [0.15, 0.2) is 5.76 Å². The first-order valence-corrected chi connectivity index (χ1v) is 7.54. The number of halogens is 2. The monoisotopic (exact) mass is 324 g/mol. The highest BCUT2D eigenvalue weighted by Gasteiger charge is 2.28. The second kappa shape index (κ2) is 5.70. The van der Waals surface area contributed by atoms with Crippen molar-refractivity contribution < 1.29 is 9.32 Å². The summed E-state index contributed by atoms with van der Waals surface area (Å²) in [5.41, 5.74) is 2.77. The fourth-order valence-electron chi connectivity index (χ4n) is 2.48. The molecule has 6 heteroatoms. The lowest BCUT2D eigenvalue weighted by atomic mass is 10.0. The van der Waals surface area contributed by atoms with Crippen LogP contribution in [0.3, 0.4) is 0 Å². The Hall–Kier alpha value is -1.52. The van der Waals surface area contributed by atoms with Crippen LogP contribution < -0.4 is 0 Å². The quantitative estimate of drug-likeness (QED) is 0.794. The van der Waals surface area contributed by atoms with E-state index >= 15 is 0 Å². The standard InChI is InChI=1S/C15H14Cl2N2O2/c1-9(16)15(20)19-7-6-13-12(8-19)14(21-18-13)10-2-4-11(17)5-3-10/h2-5,9H,6-8H2,1H3. The van der Waals surface area contributed by atoms with Gasteiger partial charge in [0.05, 0.1) is 12.2 Å². The molecule has 0 saturated heterocycles. The summed E-state index contributed by atoms with van der Waals surface area (Å²) in [6, 6.07) is 7.37. The molecule has 1 aromatic heterocycles. The number of alkyl halides is 1. The molecule has 0 aliphatic carbocycles. The zero-order valence-electron chi connectivity index (χ0n) is 11.5. The minimum Gasteiger partial charge on any atom is -0.356 e. The van der Waals surface area contributed by atoms with Crippen LogP contribution in [0.25, 0.3) is 11.3 Å². The molecule has 0 spiro atoms. The van der Waals surface area contributed by atoms with Gasteiger partial charge in [-0.3, -0.25) is 4.79 Å². The molecule has 1 aliphatic rings. The Bertz CT molecular complexity index is 665. The van der Waals surface area contributed by atoms with Crippen molar-refractivity contribution in [3.63, 3.8) is 0 Å². The molecule has 4 nitrogen and oxygen atoms in total. The molecule has 0 radical (unpaired) electrons. The van der Waals surface area contributed by atoms with Gasteiger partial charge in [0, 0.05) is 29.1 Å². The van der Waals surface area contributed by atoms with E-state index in [-0.39, 0.29) is 5.91 Å². The Morgan fingerprint density at radius 3 is 2.76 bits per heavy atom. The summed E-state index contributed by atoms with van der Waals surface area (Å²) in [5.74, 6) is 0.631. The molecule has 3 rings (SSSR count). The normalized spacial score (nSPS) is 15.7. The third kappa shape index (κ3) is 2.78. The van der Waals surface area contributed by atoms with Gasteiger partial charge in [-0.1, -0.05) is 16.8 Å². The second-order valence-electron chi connectivity index (χ2n) is 5.07. The van der Waals surface area contributed by atoms with Crippen molar-refractivity contribution in [2.45, 2.75) is 25.3 Å². The number of aromatic nitrogens is 1. The Kier molecular flexibility index (Phi) is 3.91. The maximum atomic E-state index is 12.0. The van der Waals surface area contributed by atoms with E-state index in [1.807, 2.05) is 12.1 Å². The Morgan fingerprint density at radius 2 is 2.10 bits per heavy atom. The van der Waals surface area contributed by atoms with E-state index in [9.17, 15) is 4.79 Å². The molecule has 1 amide bonds. The van der Waals surface area contributed by atoms with E-state index in [2.05, 4.69) is 5.16 Å². The van der Waals surface area contributed by atoms with Crippen molar-refractivity contribution >= 4 is 29.1 Å². The minimum atomic E-state index is -0.523.